The highest BCUT2D eigenvalue weighted by Crippen LogP contribution is 2.23. The van der Waals surface area contributed by atoms with Crippen molar-refractivity contribution in [2.45, 2.75) is 117 Å². The zero-order valence-electron chi connectivity index (χ0n) is 20.9. The molecule has 0 aromatic heterocycles. The number of nitrogens with two attached hydrogens (primary N) is 1. The molecule has 6 nitrogen and oxygen atoms in total. The fourth-order valence-corrected chi connectivity index (χ4v) is 3.62. The third-order valence-corrected chi connectivity index (χ3v) is 5.39. The maximum atomic E-state index is 12.5. The van der Waals surface area contributed by atoms with Crippen LogP contribution >= 0.6 is 0 Å². The van der Waals surface area contributed by atoms with Crippen LogP contribution in [0.15, 0.2) is 12.2 Å². The maximum absolute atomic E-state index is 12.5. The van der Waals surface area contributed by atoms with E-state index in [4.69, 9.17) is 10.5 Å². The van der Waals surface area contributed by atoms with Crippen molar-refractivity contribution in [2.75, 3.05) is 6.61 Å². The molecule has 32 heavy (non-hydrogen) atoms. The summed E-state index contributed by atoms with van der Waals surface area (Å²) in [5.41, 5.74) is 4.85. The first-order valence-electron chi connectivity index (χ1n) is 12.4. The van der Waals surface area contributed by atoms with Gasteiger partial charge in [0.2, 0.25) is 5.91 Å². The molecule has 0 bridgehead atoms. The molecule has 0 heterocycles. The molecule has 0 spiro atoms. The second-order valence-electron chi connectivity index (χ2n) is 9.66. The molecule has 0 saturated heterocycles. The number of allylic oxidation sites excluding steroid dienone is 1. The van der Waals surface area contributed by atoms with Gasteiger partial charge < -0.3 is 15.6 Å². The Morgan fingerprint density at radius 3 is 2.00 bits per heavy atom. The van der Waals surface area contributed by atoms with Crippen molar-refractivity contribution >= 4 is 17.7 Å². The van der Waals surface area contributed by atoms with Crippen LogP contribution < -0.4 is 5.73 Å². The van der Waals surface area contributed by atoms with E-state index in [-0.39, 0.29) is 13.0 Å². The van der Waals surface area contributed by atoms with E-state index in [1.165, 1.54) is 19.3 Å². The molecule has 0 unspecified atom stereocenters. The fourth-order valence-electron chi connectivity index (χ4n) is 3.62. The van der Waals surface area contributed by atoms with E-state index in [1.807, 2.05) is 6.08 Å². The van der Waals surface area contributed by atoms with Gasteiger partial charge in [0.05, 0.1) is 11.8 Å². The first-order chi connectivity index (χ1) is 15.1. The Hall–Kier alpha value is -1.69. The van der Waals surface area contributed by atoms with Crippen molar-refractivity contribution in [1.82, 2.24) is 0 Å². The van der Waals surface area contributed by atoms with Crippen molar-refractivity contribution < 1.29 is 24.2 Å². The summed E-state index contributed by atoms with van der Waals surface area (Å²) >= 11 is 0. The number of rotatable bonds is 19. The number of aliphatic hydroxyl groups is 1. The normalized spacial score (nSPS) is 13.8. The Labute approximate surface area is 195 Å². The van der Waals surface area contributed by atoms with Gasteiger partial charge in [-0.1, -0.05) is 57.6 Å². The molecule has 0 fully saturated rings. The van der Waals surface area contributed by atoms with Crippen LogP contribution in [0.5, 0.6) is 0 Å². The highest BCUT2D eigenvalue weighted by Gasteiger charge is 2.33. The van der Waals surface area contributed by atoms with Crippen molar-refractivity contribution in [3.63, 3.8) is 0 Å². The van der Waals surface area contributed by atoms with Crippen LogP contribution in [-0.4, -0.2) is 35.0 Å². The monoisotopic (exact) mass is 453 g/mol. The van der Waals surface area contributed by atoms with Gasteiger partial charge in [-0.05, 0) is 52.9 Å². The lowest BCUT2D eigenvalue weighted by molar-refractivity contribution is -0.163. The lowest BCUT2D eigenvalue weighted by Gasteiger charge is -2.26. The van der Waals surface area contributed by atoms with Crippen LogP contribution in [0.1, 0.15) is 111 Å². The smallest absolute Gasteiger partial charge is 0.310 e. The number of unbranched alkanes of at least 4 members (excludes halogenated alkanes) is 8. The Bertz CT molecular complexity index is 565. The Morgan fingerprint density at radius 2 is 1.50 bits per heavy atom. The number of hydrogen-bond donors (Lipinski definition) is 2. The number of carbonyl (C=O) groups is 3. The molecule has 0 aromatic carbocycles. The summed E-state index contributed by atoms with van der Waals surface area (Å²) in [7, 11) is 0. The van der Waals surface area contributed by atoms with Gasteiger partial charge in [0, 0.05) is 19.4 Å². The van der Waals surface area contributed by atoms with Crippen molar-refractivity contribution in [3.8, 4) is 0 Å². The number of aliphatic hydroxyl groups excluding tert-OH is 1. The van der Waals surface area contributed by atoms with Gasteiger partial charge in [-0.15, -0.1) is 0 Å². The fraction of sp³-hybridized carbons (Fsp3) is 0.808. The summed E-state index contributed by atoms with van der Waals surface area (Å²) in [4.78, 5) is 36.3. The largest absolute Gasteiger partial charge is 0.460 e. The van der Waals surface area contributed by atoms with Gasteiger partial charge in [-0.2, -0.15) is 0 Å². The number of ketones is 1. The highest BCUT2D eigenvalue weighted by molar-refractivity contribution is 5.85. The van der Waals surface area contributed by atoms with E-state index in [9.17, 15) is 19.5 Å². The second-order valence-corrected chi connectivity index (χ2v) is 9.66. The highest BCUT2D eigenvalue weighted by atomic mass is 16.6. The van der Waals surface area contributed by atoms with Crippen molar-refractivity contribution in [3.05, 3.63) is 12.2 Å². The van der Waals surface area contributed by atoms with Gasteiger partial charge in [0.1, 0.15) is 11.4 Å². The Morgan fingerprint density at radius 1 is 0.938 bits per heavy atom. The van der Waals surface area contributed by atoms with Crippen LogP contribution in [0, 0.1) is 11.8 Å². The quantitative estimate of drug-likeness (QED) is 0.158. The predicted octanol–water partition coefficient (Wildman–Crippen LogP) is 5.25. The summed E-state index contributed by atoms with van der Waals surface area (Å²) < 4.78 is 5.40. The van der Waals surface area contributed by atoms with Gasteiger partial charge in [0.15, 0.2) is 0 Å². The van der Waals surface area contributed by atoms with Gasteiger partial charge in [-0.3, -0.25) is 14.4 Å². The third kappa shape index (κ3) is 16.0. The van der Waals surface area contributed by atoms with E-state index in [0.717, 1.165) is 44.9 Å². The van der Waals surface area contributed by atoms with Gasteiger partial charge in [-0.25, -0.2) is 0 Å². The summed E-state index contributed by atoms with van der Waals surface area (Å²) in [6, 6.07) is 0. The second kappa shape index (κ2) is 17.8. The van der Waals surface area contributed by atoms with E-state index < -0.39 is 29.3 Å². The van der Waals surface area contributed by atoms with E-state index >= 15 is 0 Å². The molecule has 0 radical (unpaired) electrons. The molecule has 3 N–H and O–H groups in total. The Balaban J connectivity index is 4.26. The van der Waals surface area contributed by atoms with Crippen LogP contribution in [0.2, 0.25) is 0 Å². The number of primary amides is 1. The molecule has 0 rings (SSSR count). The summed E-state index contributed by atoms with van der Waals surface area (Å²) in [6.45, 7) is 7.25. The zero-order chi connectivity index (χ0) is 24.4. The number of carbonyl (C=O) groups excluding carboxylic acids is 3. The molecule has 1 amide bonds. The predicted molar refractivity (Wildman–Crippen MR) is 129 cm³/mol. The van der Waals surface area contributed by atoms with E-state index in [2.05, 4.69) is 6.92 Å². The molecular formula is C26H47NO5. The summed E-state index contributed by atoms with van der Waals surface area (Å²) in [5, 5.41) is 9.32. The third-order valence-electron chi connectivity index (χ3n) is 5.39. The van der Waals surface area contributed by atoms with E-state index in [0.29, 0.717) is 18.6 Å². The maximum Gasteiger partial charge on any atom is 0.310 e. The first kappa shape index (κ1) is 30.3. The Kier molecular flexibility index (Phi) is 16.9. The van der Waals surface area contributed by atoms with Crippen LogP contribution in [0.4, 0.5) is 0 Å². The molecule has 0 aliphatic carbocycles. The topological polar surface area (TPSA) is 107 Å². The van der Waals surface area contributed by atoms with Crippen LogP contribution in [0.3, 0.4) is 0 Å². The minimum absolute atomic E-state index is 0.124. The van der Waals surface area contributed by atoms with Gasteiger partial charge in [0.25, 0.3) is 0 Å². The SMILES string of the molecule is CCCCCCCC(=O)CCCCCC/C=C/[C@H](C(N)=O)[C@@H](CCO)C(=O)OC(C)(C)C. The molecular weight excluding hydrogens is 406 g/mol. The lowest BCUT2D eigenvalue weighted by Crippen LogP contribution is -2.37. The average Bonchev–Trinajstić information content (AvgIpc) is 2.69. The van der Waals surface area contributed by atoms with Crippen LogP contribution in [0.25, 0.3) is 0 Å². The van der Waals surface area contributed by atoms with Crippen LogP contribution in [-0.2, 0) is 19.1 Å². The standard InChI is InChI=1S/C26H47NO5/c1-5-6-7-10-13-16-21(29)17-14-11-8-9-12-15-18-22(24(27)30)23(19-20-28)25(31)32-26(2,3)4/h15,18,22-23,28H,5-14,16-17,19-20H2,1-4H3,(H2,27,30)/b18-15+/t22-,23+/m0/s1. The van der Waals surface area contributed by atoms with E-state index in [1.54, 1.807) is 26.8 Å². The van der Waals surface area contributed by atoms with Crippen molar-refractivity contribution in [2.24, 2.45) is 17.6 Å². The number of Topliss-reactive ketones (excluding diaryl/α,β-unsaturated/α-hetero) is 1. The zero-order valence-corrected chi connectivity index (χ0v) is 20.9. The first-order valence-corrected chi connectivity index (χ1v) is 12.4. The molecule has 186 valence electrons. The number of amides is 1. The average molecular weight is 454 g/mol. The molecule has 0 aliphatic rings. The minimum Gasteiger partial charge on any atom is -0.460 e. The number of esters is 1. The number of ether oxygens (including phenoxy) is 1. The van der Waals surface area contributed by atoms with Crippen molar-refractivity contribution in [1.29, 1.82) is 0 Å². The number of hydrogen-bond acceptors (Lipinski definition) is 5. The molecule has 0 aliphatic heterocycles. The molecule has 2 atom stereocenters. The molecule has 0 aromatic rings. The minimum atomic E-state index is -0.799. The van der Waals surface area contributed by atoms with Gasteiger partial charge >= 0.3 is 5.97 Å². The summed E-state index contributed by atoms with van der Waals surface area (Å²) in [6.07, 6.45) is 15.6. The molecule has 6 heteroatoms. The molecule has 0 saturated carbocycles. The lowest BCUT2D eigenvalue weighted by atomic mass is 9.88. The summed E-state index contributed by atoms with van der Waals surface area (Å²) in [5.74, 6) is -2.33.